The highest BCUT2D eigenvalue weighted by Crippen LogP contribution is 2.31. The lowest BCUT2D eigenvalue weighted by Gasteiger charge is -2.12. The zero-order valence-corrected chi connectivity index (χ0v) is 10.8. The smallest absolute Gasteiger partial charge is 0.138 e. The molecular weight excluding hydrogens is 248 g/mol. The Labute approximate surface area is 117 Å². The molecule has 0 bridgehead atoms. The second-order valence-electron chi connectivity index (χ2n) is 4.49. The molecule has 0 aromatic heterocycles. The molecule has 20 heavy (non-hydrogen) atoms. The van der Waals surface area contributed by atoms with Gasteiger partial charge in [-0.15, -0.1) is 0 Å². The van der Waals surface area contributed by atoms with Crippen molar-refractivity contribution in [2.24, 2.45) is 5.73 Å². The van der Waals surface area contributed by atoms with Crippen molar-refractivity contribution in [3.05, 3.63) is 72.3 Å². The summed E-state index contributed by atoms with van der Waals surface area (Å²) in [7, 11) is 0. The van der Waals surface area contributed by atoms with Crippen LogP contribution in [-0.2, 0) is 0 Å². The highest BCUT2D eigenvalue weighted by molar-refractivity contribution is 5.98. The Morgan fingerprint density at radius 2 is 1.45 bits per heavy atom. The lowest BCUT2D eigenvalue weighted by molar-refractivity contribution is 0.487. The number of hydrogen-bond donors (Lipinski definition) is 2. The summed E-state index contributed by atoms with van der Waals surface area (Å²) in [5, 5.41) is 9.75. The molecule has 0 spiro atoms. The molecule has 0 unspecified atom stereocenters. The summed E-state index contributed by atoms with van der Waals surface area (Å²) in [6, 6.07) is 21.2. The van der Waals surface area contributed by atoms with Crippen LogP contribution in [0.25, 0.3) is 10.8 Å². The fourth-order valence-electron chi connectivity index (χ4n) is 2.18. The van der Waals surface area contributed by atoms with Crippen LogP contribution in [0.2, 0.25) is 0 Å². The number of nitrogens with one attached hydrogen (secondary N) is 1. The number of para-hydroxylation sites is 1. The molecule has 0 aliphatic rings. The maximum atomic E-state index is 7.60. The number of rotatable bonds is 3. The minimum absolute atomic E-state index is 0.000775. The molecule has 0 aliphatic heterocycles. The zero-order valence-electron chi connectivity index (χ0n) is 10.8. The number of nitrogen functional groups attached to an aromatic ring is 1. The summed E-state index contributed by atoms with van der Waals surface area (Å²) in [5.74, 6) is 1.36. The molecular formula is C17H14N2O. The van der Waals surface area contributed by atoms with E-state index in [9.17, 15) is 0 Å². The van der Waals surface area contributed by atoms with Crippen molar-refractivity contribution in [3.8, 4) is 11.5 Å². The van der Waals surface area contributed by atoms with Crippen molar-refractivity contribution in [1.82, 2.24) is 0 Å². The van der Waals surface area contributed by atoms with Gasteiger partial charge in [0.2, 0.25) is 0 Å². The highest BCUT2D eigenvalue weighted by Gasteiger charge is 2.08. The summed E-state index contributed by atoms with van der Waals surface area (Å²) < 4.78 is 5.96. The Balaban J connectivity index is 2.08. The molecule has 0 aliphatic carbocycles. The van der Waals surface area contributed by atoms with E-state index in [4.69, 9.17) is 15.9 Å². The lowest BCUT2D eigenvalue weighted by Crippen LogP contribution is -2.12. The number of hydrogen-bond acceptors (Lipinski definition) is 2. The minimum Gasteiger partial charge on any atom is -0.456 e. The maximum Gasteiger partial charge on any atom is 0.138 e. The normalized spacial score (nSPS) is 10.4. The largest absolute Gasteiger partial charge is 0.456 e. The van der Waals surface area contributed by atoms with E-state index in [-0.39, 0.29) is 5.84 Å². The number of amidine groups is 1. The molecule has 0 amide bonds. The standard InChI is InChI=1S/C17H14N2O/c18-17(19)14-9-3-4-10-16(14)20-15-11-5-7-12-6-1-2-8-13(12)15/h1-11H,(H3,18,19). The molecule has 3 N–H and O–H groups in total. The van der Waals surface area contributed by atoms with Crippen LogP contribution in [0.15, 0.2) is 66.7 Å². The Morgan fingerprint density at radius 3 is 2.30 bits per heavy atom. The molecule has 3 aromatic carbocycles. The predicted octanol–water partition coefficient (Wildman–Crippen LogP) is 3.92. The van der Waals surface area contributed by atoms with Crippen LogP contribution in [0, 0.1) is 5.41 Å². The predicted molar refractivity (Wildman–Crippen MR) is 81.5 cm³/mol. The lowest BCUT2D eigenvalue weighted by atomic mass is 10.1. The fraction of sp³-hybridized carbons (Fsp3) is 0. The first kappa shape index (κ1) is 12.2. The van der Waals surface area contributed by atoms with Gasteiger partial charge in [0.15, 0.2) is 0 Å². The van der Waals surface area contributed by atoms with E-state index >= 15 is 0 Å². The average molecular weight is 262 g/mol. The Morgan fingerprint density at radius 1 is 0.800 bits per heavy atom. The van der Waals surface area contributed by atoms with Crippen molar-refractivity contribution >= 4 is 16.6 Å². The molecule has 0 heterocycles. The summed E-state index contributed by atoms with van der Waals surface area (Å²) >= 11 is 0. The van der Waals surface area contributed by atoms with Gasteiger partial charge in [0.1, 0.15) is 17.3 Å². The quantitative estimate of drug-likeness (QED) is 0.555. The second-order valence-corrected chi connectivity index (χ2v) is 4.49. The molecule has 98 valence electrons. The van der Waals surface area contributed by atoms with Gasteiger partial charge in [-0.3, -0.25) is 5.41 Å². The van der Waals surface area contributed by atoms with Gasteiger partial charge in [0.25, 0.3) is 0 Å². The SMILES string of the molecule is N=C(N)c1ccccc1Oc1cccc2ccccc12. The number of fused-ring (bicyclic) bond motifs is 1. The summed E-state index contributed by atoms with van der Waals surface area (Å²) in [6.07, 6.45) is 0. The molecule has 3 nitrogen and oxygen atoms in total. The fourth-order valence-corrected chi connectivity index (χ4v) is 2.18. The molecule has 0 atom stereocenters. The summed E-state index contributed by atoms with van der Waals surface area (Å²) in [5.41, 5.74) is 6.18. The van der Waals surface area contributed by atoms with E-state index in [1.807, 2.05) is 60.7 Å². The van der Waals surface area contributed by atoms with Gasteiger partial charge in [0, 0.05) is 5.39 Å². The first-order chi connectivity index (χ1) is 9.75. The second kappa shape index (κ2) is 5.05. The van der Waals surface area contributed by atoms with E-state index in [0.717, 1.165) is 16.5 Å². The van der Waals surface area contributed by atoms with Gasteiger partial charge < -0.3 is 10.5 Å². The van der Waals surface area contributed by atoms with Crippen molar-refractivity contribution in [2.45, 2.75) is 0 Å². The van der Waals surface area contributed by atoms with E-state index < -0.39 is 0 Å². The molecule has 0 radical (unpaired) electrons. The van der Waals surface area contributed by atoms with Gasteiger partial charge in [-0.05, 0) is 23.6 Å². The van der Waals surface area contributed by atoms with Crippen LogP contribution in [0.3, 0.4) is 0 Å². The van der Waals surface area contributed by atoms with Crippen LogP contribution in [0.4, 0.5) is 0 Å². The van der Waals surface area contributed by atoms with E-state index in [1.54, 1.807) is 6.07 Å². The maximum absolute atomic E-state index is 7.60. The molecule has 0 saturated heterocycles. The van der Waals surface area contributed by atoms with E-state index in [2.05, 4.69) is 0 Å². The Hall–Kier alpha value is -2.81. The average Bonchev–Trinajstić information content (AvgIpc) is 2.48. The third kappa shape index (κ3) is 2.21. The van der Waals surface area contributed by atoms with Crippen molar-refractivity contribution in [1.29, 1.82) is 5.41 Å². The molecule has 3 aromatic rings. The monoisotopic (exact) mass is 262 g/mol. The van der Waals surface area contributed by atoms with Gasteiger partial charge in [-0.2, -0.15) is 0 Å². The van der Waals surface area contributed by atoms with Crippen LogP contribution in [0.5, 0.6) is 11.5 Å². The molecule has 3 heteroatoms. The Bertz CT molecular complexity index is 775. The number of ether oxygens (including phenoxy) is 1. The molecule has 0 saturated carbocycles. The highest BCUT2D eigenvalue weighted by atomic mass is 16.5. The van der Waals surface area contributed by atoms with E-state index in [1.165, 1.54) is 0 Å². The van der Waals surface area contributed by atoms with E-state index in [0.29, 0.717) is 11.3 Å². The van der Waals surface area contributed by atoms with Gasteiger partial charge in [-0.25, -0.2) is 0 Å². The summed E-state index contributed by atoms with van der Waals surface area (Å²) in [6.45, 7) is 0. The van der Waals surface area contributed by atoms with Crippen molar-refractivity contribution < 1.29 is 4.74 Å². The third-order valence-corrected chi connectivity index (χ3v) is 3.15. The topological polar surface area (TPSA) is 59.1 Å². The Kier molecular flexibility index (Phi) is 3.09. The minimum atomic E-state index is 0.000775. The van der Waals surface area contributed by atoms with Gasteiger partial charge in [-0.1, -0.05) is 48.5 Å². The van der Waals surface area contributed by atoms with Crippen LogP contribution in [-0.4, -0.2) is 5.84 Å². The van der Waals surface area contributed by atoms with Crippen LogP contribution < -0.4 is 10.5 Å². The molecule has 3 rings (SSSR count). The zero-order chi connectivity index (χ0) is 13.9. The molecule has 0 fully saturated rings. The summed E-state index contributed by atoms with van der Waals surface area (Å²) in [4.78, 5) is 0. The third-order valence-electron chi connectivity index (χ3n) is 3.15. The van der Waals surface area contributed by atoms with Gasteiger partial charge >= 0.3 is 0 Å². The number of nitrogens with two attached hydrogens (primary N) is 1. The number of benzene rings is 3. The first-order valence-electron chi connectivity index (χ1n) is 6.35. The van der Waals surface area contributed by atoms with Crippen molar-refractivity contribution in [2.75, 3.05) is 0 Å². The van der Waals surface area contributed by atoms with Gasteiger partial charge in [0.05, 0.1) is 5.56 Å². The first-order valence-corrected chi connectivity index (χ1v) is 6.35. The van der Waals surface area contributed by atoms with Crippen molar-refractivity contribution in [3.63, 3.8) is 0 Å². The van der Waals surface area contributed by atoms with Crippen LogP contribution >= 0.6 is 0 Å². The van der Waals surface area contributed by atoms with Crippen LogP contribution in [0.1, 0.15) is 5.56 Å².